The Morgan fingerprint density at radius 1 is 0.290 bits per heavy atom. The Labute approximate surface area is 365 Å². The highest BCUT2D eigenvalue weighted by molar-refractivity contribution is 7.24. The summed E-state index contributed by atoms with van der Waals surface area (Å²) in [5, 5.41) is 11.5. The van der Waals surface area contributed by atoms with Crippen molar-refractivity contribution >= 4 is 81.6 Å². The molecule has 0 radical (unpaired) electrons. The van der Waals surface area contributed by atoms with Crippen molar-refractivity contribution in [2.75, 3.05) is 4.90 Å². The van der Waals surface area contributed by atoms with Crippen LogP contribution in [0.3, 0.4) is 0 Å². The average molecular weight is 806 g/mol. The lowest BCUT2D eigenvalue weighted by atomic mass is 9.92. The molecule has 1 aromatic heterocycles. The molecule has 0 spiro atoms. The van der Waals surface area contributed by atoms with Crippen LogP contribution in [0.15, 0.2) is 237 Å². The molecule has 1 heterocycles. The minimum absolute atomic E-state index is 1.10. The number of fused-ring (bicyclic) bond motifs is 8. The summed E-state index contributed by atoms with van der Waals surface area (Å²) in [5.74, 6) is 0. The largest absolute Gasteiger partial charge is 0.310 e. The predicted octanol–water partition coefficient (Wildman–Crippen LogP) is 17.7. The van der Waals surface area contributed by atoms with Gasteiger partial charge in [-0.05, 0) is 107 Å². The molecule has 12 rings (SSSR count). The summed E-state index contributed by atoms with van der Waals surface area (Å²) in [5.41, 5.74) is 11.9. The van der Waals surface area contributed by atoms with Gasteiger partial charge in [-0.3, -0.25) is 0 Å². The lowest BCUT2D eigenvalue weighted by Gasteiger charge is -2.27. The predicted molar refractivity (Wildman–Crippen MR) is 268 cm³/mol. The van der Waals surface area contributed by atoms with E-state index in [0.717, 1.165) is 17.1 Å². The summed E-state index contributed by atoms with van der Waals surface area (Å²) in [6, 6.07) is 86.6. The van der Waals surface area contributed by atoms with E-state index in [0.29, 0.717) is 0 Å². The van der Waals surface area contributed by atoms with Gasteiger partial charge >= 0.3 is 0 Å². The first-order chi connectivity index (χ1) is 30.8. The van der Waals surface area contributed by atoms with Crippen molar-refractivity contribution in [1.29, 1.82) is 0 Å². The van der Waals surface area contributed by atoms with Crippen LogP contribution in [0.5, 0.6) is 0 Å². The summed E-state index contributed by atoms with van der Waals surface area (Å²) in [7, 11) is 0. The molecule has 62 heavy (non-hydrogen) atoms. The van der Waals surface area contributed by atoms with Crippen LogP contribution < -0.4 is 4.90 Å². The van der Waals surface area contributed by atoms with E-state index in [-0.39, 0.29) is 0 Å². The minimum atomic E-state index is 1.10. The fourth-order valence-corrected chi connectivity index (χ4v) is 11.0. The number of hydrogen-bond acceptors (Lipinski definition) is 2. The standard InChI is InChI=1S/C60H39NS/c1-2-17-44(18-3-1)59-57(58-55-27-10-8-25-53(55)54-26-9-11-28-56(54)60(58)62-59)45-21-12-22-48(39-45)61(46-35-31-42(32-36-46)51-29-13-19-40-15-4-6-23-49(40)51)47-37-33-43(34-38-47)52-30-14-20-41-16-5-7-24-50(41)52/h1-39H. The average Bonchev–Trinajstić information content (AvgIpc) is 3.76. The molecule has 290 valence electrons. The van der Waals surface area contributed by atoms with Gasteiger partial charge in [0.1, 0.15) is 0 Å². The Morgan fingerprint density at radius 2 is 0.742 bits per heavy atom. The number of anilines is 3. The lowest BCUT2D eigenvalue weighted by Crippen LogP contribution is -2.10. The second-order valence-corrected chi connectivity index (χ2v) is 17.0. The van der Waals surface area contributed by atoms with E-state index in [1.165, 1.54) is 97.0 Å². The maximum absolute atomic E-state index is 2.41. The molecular weight excluding hydrogens is 767 g/mol. The Bertz CT molecular complexity index is 3490. The summed E-state index contributed by atoms with van der Waals surface area (Å²) in [6.07, 6.45) is 0. The molecule has 0 N–H and O–H groups in total. The molecule has 0 aliphatic heterocycles. The van der Waals surface area contributed by atoms with Crippen LogP contribution in [0.2, 0.25) is 0 Å². The van der Waals surface area contributed by atoms with Crippen LogP contribution in [0, 0.1) is 0 Å². The van der Waals surface area contributed by atoms with Crippen molar-refractivity contribution < 1.29 is 0 Å². The van der Waals surface area contributed by atoms with Crippen molar-refractivity contribution in [1.82, 2.24) is 0 Å². The molecule has 1 nitrogen and oxygen atoms in total. The van der Waals surface area contributed by atoms with E-state index >= 15 is 0 Å². The van der Waals surface area contributed by atoms with Gasteiger partial charge in [0.25, 0.3) is 0 Å². The first-order valence-electron chi connectivity index (χ1n) is 21.3. The zero-order chi connectivity index (χ0) is 41.0. The second kappa shape index (κ2) is 15.0. The van der Waals surface area contributed by atoms with E-state index in [1.807, 2.05) is 11.3 Å². The molecule has 0 aliphatic rings. The SMILES string of the molecule is c1ccc(-c2sc3c4ccccc4c4ccccc4c3c2-c2cccc(N(c3ccc(-c4cccc5ccccc45)cc3)c3ccc(-c4cccc5ccccc45)cc3)c2)cc1. The first kappa shape index (κ1) is 36.1. The highest BCUT2D eigenvalue weighted by Crippen LogP contribution is 2.51. The van der Waals surface area contributed by atoms with Gasteiger partial charge in [-0.2, -0.15) is 0 Å². The van der Waals surface area contributed by atoms with Crippen molar-refractivity contribution in [2.45, 2.75) is 0 Å². The third kappa shape index (κ3) is 6.07. The van der Waals surface area contributed by atoms with Gasteiger partial charge in [0.05, 0.1) is 0 Å². The molecule has 0 amide bonds. The number of hydrogen-bond donors (Lipinski definition) is 0. The third-order valence-corrected chi connectivity index (χ3v) is 13.7. The Hall–Kier alpha value is -7.78. The minimum Gasteiger partial charge on any atom is -0.310 e. The zero-order valence-electron chi connectivity index (χ0n) is 33.9. The topological polar surface area (TPSA) is 3.24 Å². The molecule has 0 saturated heterocycles. The summed E-state index contributed by atoms with van der Waals surface area (Å²) >= 11 is 1.91. The van der Waals surface area contributed by atoms with Gasteiger partial charge in [0, 0.05) is 43.0 Å². The van der Waals surface area contributed by atoms with Crippen molar-refractivity contribution in [3.05, 3.63) is 237 Å². The van der Waals surface area contributed by atoms with E-state index in [4.69, 9.17) is 0 Å². The monoisotopic (exact) mass is 805 g/mol. The number of rotatable bonds is 7. The maximum atomic E-state index is 2.41. The second-order valence-electron chi connectivity index (χ2n) is 16.0. The Kier molecular flexibility index (Phi) is 8.76. The normalized spacial score (nSPS) is 11.5. The molecule has 0 aliphatic carbocycles. The van der Waals surface area contributed by atoms with Gasteiger partial charge in [0.2, 0.25) is 0 Å². The van der Waals surface area contributed by atoms with Gasteiger partial charge in [-0.25, -0.2) is 0 Å². The number of thiophene rings is 1. The van der Waals surface area contributed by atoms with Crippen molar-refractivity contribution in [2.24, 2.45) is 0 Å². The lowest BCUT2D eigenvalue weighted by molar-refractivity contribution is 1.28. The van der Waals surface area contributed by atoms with Gasteiger partial charge in [-0.15, -0.1) is 11.3 Å². The van der Waals surface area contributed by atoms with E-state index < -0.39 is 0 Å². The molecular formula is C60H39NS. The van der Waals surface area contributed by atoms with Gasteiger partial charge in [-0.1, -0.05) is 200 Å². The molecule has 0 unspecified atom stereocenters. The highest BCUT2D eigenvalue weighted by Gasteiger charge is 2.22. The summed E-state index contributed by atoms with van der Waals surface area (Å²) in [4.78, 5) is 3.69. The van der Waals surface area contributed by atoms with Crippen molar-refractivity contribution in [3.63, 3.8) is 0 Å². The van der Waals surface area contributed by atoms with Crippen molar-refractivity contribution in [3.8, 4) is 43.8 Å². The van der Waals surface area contributed by atoms with Crippen LogP contribution >= 0.6 is 11.3 Å². The summed E-state index contributed by atoms with van der Waals surface area (Å²) in [6.45, 7) is 0. The quantitative estimate of drug-likeness (QED) is 0.145. The molecule has 11 aromatic carbocycles. The van der Waals surface area contributed by atoms with Crippen LogP contribution in [-0.2, 0) is 0 Å². The zero-order valence-corrected chi connectivity index (χ0v) is 34.7. The molecule has 12 aromatic rings. The molecule has 2 heteroatoms. The van der Waals surface area contributed by atoms with E-state index in [9.17, 15) is 0 Å². The van der Waals surface area contributed by atoms with Gasteiger partial charge < -0.3 is 4.90 Å². The Balaban J connectivity index is 1.06. The van der Waals surface area contributed by atoms with E-state index in [2.05, 4.69) is 241 Å². The first-order valence-corrected chi connectivity index (χ1v) is 22.1. The van der Waals surface area contributed by atoms with Crippen LogP contribution in [0.25, 0.3) is 97.0 Å². The Morgan fingerprint density at radius 3 is 1.34 bits per heavy atom. The number of benzene rings is 11. The van der Waals surface area contributed by atoms with Crippen LogP contribution in [0.4, 0.5) is 17.1 Å². The van der Waals surface area contributed by atoms with E-state index in [1.54, 1.807) is 0 Å². The third-order valence-electron chi connectivity index (χ3n) is 12.4. The van der Waals surface area contributed by atoms with Gasteiger partial charge in [0.15, 0.2) is 0 Å². The molecule has 0 bridgehead atoms. The molecule has 0 atom stereocenters. The molecule has 0 saturated carbocycles. The fraction of sp³-hybridized carbons (Fsp3) is 0. The highest BCUT2D eigenvalue weighted by atomic mass is 32.1. The smallest absolute Gasteiger partial charge is 0.0467 e. The molecule has 0 fully saturated rings. The van der Waals surface area contributed by atoms with Crippen LogP contribution in [-0.4, -0.2) is 0 Å². The number of nitrogens with zero attached hydrogens (tertiary/aromatic N) is 1. The maximum Gasteiger partial charge on any atom is 0.0467 e. The summed E-state index contributed by atoms with van der Waals surface area (Å²) < 4.78 is 1.32. The van der Waals surface area contributed by atoms with Crippen LogP contribution in [0.1, 0.15) is 0 Å². The fourth-order valence-electron chi connectivity index (χ4n) is 9.58.